The van der Waals surface area contributed by atoms with E-state index in [9.17, 15) is 0 Å². The van der Waals surface area contributed by atoms with E-state index >= 15 is 0 Å². The fourth-order valence-corrected chi connectivity index (χ4v) is 2.22. The number of aryl methyl sites for hydroxylation is 2. The van der Waals surface area contributed by atoms with Crippen LogP contribution in [-0.4, -0.2) is 9.78 Å². The second-order valence-corrected chi connectivity index (χ2v) is 4.85. The predicted molar refractivity (Wildman–Crippen MR) is 79.5 cm³/mol. The highest BCUT2D eigenvalue weighted by atomic mass is 15.3. The predicted octanol–water partition coefficient (Wildman–Crippen LogP) is 3.41. The minimum atomic E-state index is 0.128. The normalized spacial score (nSPS) is 12.6. The number of nitrogens with two attached hydrogens (primary N) is 1. The highest BCUT2D eigenvalue weighted by Crippen LogP contribution is 2.18. The Labute approximate surface area is 115 Å². The van der Waals surface area contributed by atoms with Crippen LogP contribution in [0.2, 0.25) is 0 Å². The Kier molecular flexibility index (Phi) is 4.38. The number of nitrogens with zero attached hydrogens (tertiary/aromatic N) is 2. The molecular weight excluding hydrogens is 234 g/mol. The van der Waals surface area contributed by atoms with E-state index in [0.29, 0.717) is 0 Å². The summed E-state index contributed by atoms with van der Waals surface area (Å²) in [5, 5.41) is 4.65. The summed E-state index contributed by atoms with van der Waals surface area (Å²) < 4.78 is 2.04. The largest absolute Gasteiger partial charge is 0.324 e. The first-order valence-corrected chi connectivity index (χ1v) is 7.13. The lowest BCUT2D eigenvalue weighted by molar-refractivity contribution is 0.697. The quantitative estimate of drug-likeness (QED) is 0.892. The van der Waals surface area contributed by atoms with Gasteiger partial charge in [0, 0.05) is 11.7 Å². The van der Waals surface area contributed by atoms with Gasteiger partial charge in [-0.3, -0.25) is 0 Å². The van der Waals surface area contributed by atoms with Crippen molar-refractivity contribution in [1.82, 2.24) is 9.78 Å². The van der Waals surface area contributed by atoms with Crippen molar-refractivity contribution >= 4 is 0 Å². The van der Waals surface area contributed by atoms with Gasteiger partial charge in [0.25, 0.3) is 0 Å². The summed E-state index contributed by atoms with van der Waals surface area (Å²) in [5.41, 5.74) is 10.7. The lowest BCUT2D eigenvalue weighted by Gasteiger charge is -2.11. The van der Waals surface area contributed by atoms with Gasteiger partial charge in [-0.25, -0.2) is 4.68 Å². The van der Waals surface area contributed by atoms with Gasteiger partial charge in [0.1, 0.15) is 0 Å². The van der Waals surface area contributed by atoms with Crippen molar-refractivity contribution in [2.24, 2.45) is 5.73 Å². The van der Waals surface area contributed by atoms with Crippen LogP contribution in [-0.2, 0) is 12.8 Å². The molecule has 3 nitrogen and oxygen atoms in total. The van der Waals surface area contributed by atoms with Crippen molar-refractivity contribution in [2.45, 2.75) is 46.1 Å². The van der Waals surface area contributed by atoms with Crippen molar-refractivity contribution in [2.75, 3.05) is 0 Å². The third-order valence-corrected chi connectivity index (χ3v) is 3.56. The van der Waals surface area contributed by atoms with Crippen LogP contribution in [0.5, 0.6) is 0 Å². The van der Waals surface area contributed by atoms with Gasteiger partial charge in [-0.15, -0.1) is 0 Å². The molecule has 0 fully saturated rings. The van der Waals surface area contributed by atoms with Gasteiger partial charge in [0.2, 0.25) is 0 Å². The maximum Gasteiger partial charge on any atom is 0.0649 e. The molecule has 0 saturated heterocycles. The Balaban J connectivity index is 2.34. The highest BCUT2D eigenvalue weighted by Gasteiger charge is 2.08. The number of aromatic nitrogens is 2. The maximum atomic E-state index is 6.04. The van der Waals surface area contributed by atoms with Crippen LogP contribution in [0.3, 0.4) is 0 Å². The van der Waals surface area contributed by atoms with Crippen molar-refractivity contribution in [3.63, 3.8) is 0 Å². The zero-order valence-electron chi connectivity index (χ0n) is 12.1. The summed E-state index contributed by atoms with van der Waals surface area (Å²) >= 11 is 0. The molecule has 3 heteroatoms. The first-order chi connectivity index (χ1) is 9.19. The van der Waals surface area contributed by atoms with Gasteiger partial charge >= 0.3 is 0 Å². The fourth-order valence-electron chi connectivity index (χ4n) is 2.22. The molecule has 1 heterocycles. The minimum Gasteiger partial charge on any atom is -0.324 e. The van der Waals surface area contributed by atoms with Crippen LogP contribution in [0.15, 0.2) is 30.3 Å². The van der Waals surface area contributed by atoms with Gasteiger partial charge in [-0.1, -0.05) is 32.9 Å². The van der Waals surface area contributed by atoms with Crippen LogP contribution < -0.4 is 5.73 Å². The molecule has 1 aromatic heterocycles. The smallest absolute Gasteiger partial charge is 0.0649 e. The average Bonchev–Trinajstić information content (AvgIpc) is 2.90. The first kappa shape index (κ1) is 13.8. The lowest BCUT2D eigenvalue weighted by atomic mass is 10.1. The molecule has 0 unspecified atom stereocenters. The Morgan fingerprint density at radius 2 is 1.79 bits per heavy atom. The van der Waals surface area contributed by atoms with Crippen LogP contribution in [0.4, 0.5) is 0 Å². The molecule has 0 aliphatic heterocycles. The molecule has 0 radical (unpaired) electrons. The Hall–Kier alpha value is -1.61. The molecule has 0 saturated carbocycles. The van der Waals surface area contributed by atoms with Crippen molar-refractivity contribution < 1.29 is 0 Å². The second kappa shape index (κ2) is 6.02. The van der Waals surface area contributed by atoms with E-state index in [1.807, 2.05) is 4.68 Å². The minimum absolute atomic E-state index is 0.128. The Morgan fingerprint density at radius 3 is 2.32 bits per heavy atom. The molecule has 0 aliphatic carbocycles. The lowest BCUT2D eigenvalue weighted by Crippen LogP contribution is -2.09. The highest BCUT2D eigenvalue weighted by molar-refractivity contribution is 5.37. The molecule has 0 bridgehead atoms. The number of hydrogen-bond acceptors (Lipinski definition) is 2. The molecule has 1 aromatic carbocycles. The van der Waals surface area contributed by atoms with E-state index in [1.54, 1.807) is 0 Å². The van der Waals surface area contributed by atoms with Crippen molar-refractivity contribution in [1.29, 1.82) is 0 Å². The summed E-state index contributed by atoms with van der Waals surface area (Å²) in [6.07, 6.45) is 2.92. The van der Waals surface area contributed by atoms with Crippen molar-refractivity contribution in [3.05, 3.63) is 47.3 Å². The summed E-state index contributed by atoms with van der Waals surface area (Å²) in [5.74, 6) is 0. The topological polar surface area (TPSA) is 43.8 Å². The number of hydrogen-bond donors (Lipinski definition) is 1. The summed E-state index contributed by atoms with van der Waals surface area (Å²) in [6, 6.07) is 10.7. The zero-order chi connectivity index (χ0) is 13.8. The van der Waals surface area contributed by atoms with E-state index in [0.717, 1.165) is 30.6 Å². The van der Waals surface area contributed by atoms with Gasteiger partial charge in [0.15, 0.2) is 0 Å². The standard InChI is InChI=1S/C16H23N3/c1-4-13-11-14(5-2)19(18-13)15-9-7-12(8-10-15)16(17)6-3/h7-11,16H,4-6,17H2,1-3H3/t16-/m1/s1. The van der Waals surface area contributed by atoms with Crippen LogP contribution >= 0.6 is 0 Å². The molecule has 2 N–H and O–H groups in total. The molecule has 0 spiro atoms. The SMILES string of the molecule is CCc1cc(CC)n(-c2ccc([C@H](N)CC)cc2)n1. The van der Waals surface area contributed by atoms with Gasteiger partial charge in [-0.2, -0.15) is 5.10 Å². The van der Waals surface area contributed by atoms with Crippen LogP contribution in [0.1, 0.15) is 50.2 Å². The van der Waals surface area contributed by atoms with E-state index in [2.05, 4.69) is 56.2 Å². The maximum absolute atomic E-state index is 6.04. The van der Waals surface area contributed by atoms with Crippen molar-refractivity contribution in [3.8, 4) is 5.69 Å². The summed E-state index contributed by atoms with van der Waals surface area (Å²) in [6.45, 7) is 6.40. The fraction of sp³-hybridized carbons (Fsp3) is 0.438. The zero-order valence-corrected chi connectivity index (χ0v) is 12.1. The van der Waals surface area contributed by atoms with Gasteiger partial charge in [0.05, 0.1) is 11.4 Å². The number of benzene rings is 1. The third kappa shape index (κ3) is 2.87. The monoisotopic (exact) mass is 257 g/mol. The molecule has 2 rings (SSSR count). The Bertz CT molecular complexity index is 525. The molecule has 2 aromatic rings. The molecule has 1 atom stereocenters. The molecule has 19 heavy (non-hydrogen) atoms. The first-order valence-electron chi connectivity index (χ1n) is 7.13. The van der Waals surface area contributed by atoms with Gasteiger partial charge in [-0.05, 0) is 43.0 Å². The molecule has 0 amide bonds. The summed E-state index contributed by atoms with van der Waals surface area (Å²) in [7, 11) is 0. The molecule has 102 valence electrons. The van der Waals surface area contributed by atoms with Crippen LogP contribution in [0, 0.1) is 0 Å². The van der Waals surface area contributed by atoms with E-state index < -0.39 is 0 Å². The Morgan fingerprint density at radius 1 is 1.11 bits per heavy atom. The molecular formula is C16H23N3. The van der Waals surface area contributed by atoms with E-state index in [4.69, 9.17) is 5.73 Å². The van der Waals surface area contributed by atoms with Gasteiger partial charge < -0.3 is 5.73 Å². The van der Waals surface area contributed by atoms with E-state index in [1.165, 1.54) is 11.3 Å². The molecule has 0 aliphatic rings. The van der Waals surface area contributed by atoms with E-state index in [-0.39, 0.29) is 6.04 Å². The van der Waals surface area contributed by atoms with Crippen LogP contribution in [0.25, 0.3) is 5.69 Å². The number of rotatable bonds is 5. The summed E-state index contributed by atoms with van der Waals surface area (Å²) in [4.78, 5) is 0. The second-order valence-electron chi connectivity index (χ2n) is 4.85. The average molecular weight is 257 g/mol. The third-order valence-electron chi connectivity index (χ3n) is 3.56.